The molecule has 0 spiro atoms. The molecule has 5 nitrogen and oxygen atoms in total. The van der Waals surface area contributed by atoms with E-state index in [1.54, 1.807) is 16.8 Å². The number of likely N-dealkylation sites (N-methyl/N-ethyl adjacent to an activating group) is 1. The molecule has 0 saturated carbocycles. The smallest absolute Gasteiger partial charge is 0.410 e. The van der Waals surface area contributed by atoms with Crippen LogP contribution >= 0.6 is 0 Å². The van der Waals surface area contributed by atoms with E-state index in [2.05, 4.69) is 6.58 Å². The molecule has 0 aliphatic carbocycles. The molecule has 1 aromatic rings. The van der Waals surface area contributed by atoms with Crippen LogP contribution in [0.4, 0.5) is 4.79 Å². The zero-order chi connectivity index (χ0) is 17.9. The summed E-state index contributed by atoms with van der Waals surface area (Å²) in [6, 6.07) is 7.79. The number of rotatable bonds is 2. The first-order chi connectivity index (χ1) is 11.2. The van der Waals surface area contributed by atoms with E-state index in [1.807, 2.05) is 45.0 Å². The lowest BCUT2D eigenvalue weighted by molar-refractivity contribution is -0.127. The van der Waals surface area contributed by atoms with Crippen molar-refractivity contribution in [1.29, 1.82) is 0 Å². The van der Waals surface area contributed by atoms with Crippen molar-refractivity contribution >= 4 is 12.0 Å². The molecule has 2 amide bonds. The summed E-state index contributed by atoms with van der Waals surface area (Å²) in [7, 11) is 1.74. The molecule has 0 bridgehead atoms. The summed E-state index contributed by atoms with van der Waals surface area (Å²) in [6.07, 6.45) is 1.69. The number of hydrogen-bond acceptors (Lipinski definition) is 3. The molecule has 0 saturated heterocycles. The van der Waals surface area contributed by atoms with Gasteiger partial charge in [-0.25, -0.2) is 4.79 Å². The summed E-state index contributed by atoms with van der Waals surface area (Å²) in [5.74, 6) is -0.166. The van der Waals surface area contributed by atoms with E-state index in [1.165, 1.54) is 6.08 Å². The maximum absolute atomic E-state index is 12.5. The van der Waals surface area contributed by atoms with Crippen LogP contribution in [0.5, 0.6) is 0 Å². The molecule has 5 heteroatoms. The van der Waals surface area contributed by atoms with Crippen LogP contribution in [-0.2, 0) is 16.0 Å². The lowest BCUT2D eigenvalue weighted by Gasteiger charge is -2.32. The van der Waals surface area contributed by atoms with Crippen LogP contribution in [0.2, 0.25) is 0 Å². The zero-order valence-electron chi connectivity index (χ0n) is 14.9. The highest BCUT2D eigenvalue weighted by Gasteiger charge is 2.31. The van der Waals surface area contributed by atoms with Crippen LogP contribution in [0.25, 0.3) is 0 Å². The molecule has 130 valence electrons. The van der Waals surface area contributed by atoms with Gasteiger partial charge in [0.05, 0.1) is 6.04 Å². The fourth-order valence-electron chi connectivity index (χ4n) is 2.86. The number of carbonyl (C=O) groups excluding carboxylic acids is 2. The van der Waals surface area contributed by atoms with Gasteiger partial charge in [-0.3, -0.25) is 4.79 Å². The third-order valence-electron chi connectivity index (χ3n) is 4.10. The van der Waals surface area contributed by atoms with Gasteiger partial charge in [0.2, 0.25) is 5.91 Å². The van der Waals surface area contributed by atoms with Crippen molar-refractivity contribution < 1.29 is 14.3 Å². The minimum absolute atomic E-state index is 0.166. The van der Waals surface area contributed by atoms with E-state index < -0.39 is 5.60 Å². The number of ether oxygens (including phenoxy) is 1. The molecule has 0 aromatic heterocycles. The van der Waals surface area contributed by atoms with Gasteiger partial charge in [-0.15, -0.1) is 0 Å². The standard InChI is InChI=1S/C19H26N2O3/c1-6-17(22)20(5)16-13-21(18(23)24-19(2,3)4)12-11-14-9-7-8-10-15(14)16/h6-10,16H,1,11-13H2,2-5H3. The third kappa shape index (κ3) is 4.16. The van der Waals surface area contributed by atoms with E-state index in [4.69, 9.17) is 4.74 Å². The third-order valence-corrected chi connectivity index (χ3v) is 4.10. The Morgan fingerprint density at radius 1 is 1.33 bits per heavy atom. The first kappa shape index (κ1) is 18.0. The minimum Gasteiger partial charge on any atom is -0.444 e. The lowest BCUT2D eigenvalue weighted by Crippen LogP contribution is -2.42. The number of hydrogen-bond donors (Lipinski definition) is 0. The van der Waals surface area contributed by atoms with E-state index in [0.29, 0.717) is 13.1 Å². The second kappa shape index (κ2) is 7.07. The monoisotopic (exact) mass is 330 g/mol. The molecule has 1 unspecified atom stereocenters. The maximum Gasteiger partial charge on any atom is 0.410 e. The highest BCUT2D eigenvalue weighted by molar-refractivity contribution is 5.87. The summed E-state index contributed by atoms with van der Waals surface area (Å²) < 4.78 is 5.51. The van der Waals surface area contributed by atoms with Gasteiger partial charge < -0.3 is 14.5 Å². The Morgan fingerprint density at radius 2 is 2.00 bits per heavy atom. The largest absolute Gasteiger partial charge is 0.444 e. The van der Waals surface area contributed by atoms with Gasteiger partial charge in [-0.1, -0.05) is 30.8 Å². The van der Waals surface area contributed by atoms with Crippen LogP contribution in [0.15, 0.2) is 36.9 Å². The van der Waals surface area contributed by atoms with Crippen LogP contribution in [0, 0.1) is 0 Å². The summed E-state index contributed by atoms with van der Waals surface area (Å²) in [6.45, 7) is 10.1. The predicted octanol–water partition coefficient (Wildman–Crippen LogP) is 3.17. The highest BCUT2D eigenvalue weighted by atomic mass is 16.6. The molecule has 1 heterocycles. The van der Waals surface area contributed by atoms with E-state index in [0.717, 1.165) is 17.5 Å². The molecule has 1 aliphatic heterocycles. The Labute approximate surface area is 143 Å². The Kier molecular flexibility index (Phi) is 5.32. The van der Waals surface area contributed by atoms with Crippen LogP contribution < -0.4 is 0 Å². The first-order valence-electron chi connectivity index (χ1n) is 8.18. The van der Waals surface area contributed by atoms with Gasteiger partial charge >= 0.3 is 6.09 Å². The topological polar surface area (TPSA) is 49.9 Å². The number of benzene rings is 1. The van der Waals surface area contributed by atoms with Crippen molar-refractivity contribution in [2.45, 2.75) is 38.8 Å². The van der Waals surface area contributed by atoms with Crippen molar-refractivity contribution in [3.8, 4) is 0 Å². The molecule has 0 N–H and O–H groups in total. The maximum atomic E-state index is 12.5. The van der Waals surface area contributed by atoms with E-state index in [9.17, 15) is 9.59 Å². The van der Waals surface area contributed by atoms with Gasteiger partial charge in [-0.05, 0) is 44.4 Å². The van der Waals surface area contributed by atoms with Gasteiger partial charge in [0.25, 0.3) is 0 Å². The molecular weight excluding hydrogens is 304 g/mol. The van der Waals surface area contributed by atoms with Gasteiger partial charge in [-0.2, -0.15) is 0 Å². The minimum atomic E-state index is -0.547. The van der Waals surface area contributed by atoms with E-state index >= 15 is 0 Å². The molecule has 1 aromatic carbocycles. The molecular formula is C19H26N2O3. The second-order valence-electron chi connectivity index (χ2n) is 7.04. The molecule has 24 heavy (non-hydrogen) atoms. The normalized spacial score (nSPS) is 17.5. The van der Waals surface area contributed by atoms with Crippen molar-refractivity contribution in [3.05, 3.63) is 48.0 Å². The summed E-state index contributed by atoms with van der Waals surface area (Å²) >= 11 is 0. The van der Waals surface area contributed by atoms with Crippen molar-refractivity contribution in [1.82, 2.24) is 9.80 Å². The molecule has 2 rings (SSSR count). The van der Waals surface area contributed by atoms with Crippen molar-refractivity contribution in [2.75, 3.05) is 20.1 Å². The fraction of sp³-hybridized carbons (Fsp3) is 0.474. The highest BCUT2D eigenvalue weighted by Crippen LogP contribution is 2.28. The average Bonchev–Trinajstić information content (AvgIpc) is 2.71. The zero-order valence-corrected chi connectivity index (χ0v) is 14.9. The number of amides is 2. The summed E-state index contributed by atoms with van der Waals surface area (Å²) in [4.78, 5) is 27.9. The lowest BCUT2D eigenvalue weighted by atomic mass is 9.98. The Balaban J connectivity index is 2.32. The SMILES string of the molecule is C=CC(=O)N(C)C1CN(C(=O)OC(C)(C)C)CCc2ccccc21. The molecule has 0 fully saturated rings. The van der Waals surface area contributed by atoms with Gasteiger partial charge in [0.1, 0.15) is 5.60 Å². The van der Waals surface area contributed by atoms with Crippen LogP contribution in [-0.4, -0.2) is 47.5 Å². The summed E-state index contributed by atoms with van der Waals surface area (Å²) in [5, 5.41) is 0. The Morgan fingerprint density at radius 3 is 2.62 bits per heavy atom. The van der Waals surface area contributed by atoms with Crippen molar-refractivity contribution in [3.63, 3.8) is 0 Å². The van der Waals surface area contributed by atoms with Gasteiger partial charge in [0.15, 0.2) is 0 Å². The van der Waals surface area contributed by atoms with Crippen LogP contribution in [0.3, 0.4) is 0 Å². The van der Waals surface area contributed by atoms with E-state index in [-0.39, 0.29) is 18.0 Å². The predicted molar refractivity (Wildman–Crippen MR) is 93.7 cm³/mol. The Hall–Kier alpha value is -2.30. The molecule has 0 radical (unpaired) electrons. The first-order valence-corrected chi connectivity index (χ1v) is 8.18. The average molecular weight is 330 g/mol. The number of nitrogens with zero attached hydrogens (tertiary/aromatic N) is 2. The molecule has 1 atom stereocenters. The Bertz CT molecular complexity index is 634. The molecule has 1 aliphatic rings. The second-order valence-corrected chi connectivity index (χ2v) is 7.04. The number of carbonyl (C=O) groups is 2. The summed E-state index contributed by atoms with van der Waals surface area (Å²) in [5.41, 5.74) is 1.67. The fourth-order valence-corrected chi connectivity index (χ4v) is 2.86. The van der Waals surface area contributed by atoms with Crippen molar-refractivity contribution in [2.24, 2.45) is 0 Å². The quantitative estimate of drug-likeness (QED) is 0.783. The van der Waals surface area contributed by atoms with Gasteiger partial charge in [0, 0.05) is 20.1 Å². The van der Waals surface area contributed by atoms with Crippen LogP contribution in [0.1, 0.15) is 37.9 Å². The number of fused-ring (bicyclic) bond motifs is 1.